The quantitative estimate of drug-likeness (QED) is 0.857. The summed E-state index contributed by atoms with van der Waals surface area (Å²) >= 11 is 0. The van der Waals surface area contributed by atoms with Crippen molar-refractivity contribution in [3.8, 4) is 6.07 Å². The molecular weight excluding hydrogens is 322 g/mol. The third-order valence-corrected chi connectivity index (χ3v) is 3.96. The lowest BCUT2D eigenvalue weighted by Crippen LogP contribution is -2.46. The van der Waals surface area contributed by atoms with E-state index in [0.717, 1.165) is 0 Å². The van der Waals surface area contributed by atoms with Crippen LogP contribution in [0.2, 0.25) is 0 Å². The molecule has 3 rings (SSSR count). The van der Waals surface area contributed by atoms with Gasteiger partial charge in [0, 0.05) is 19.8 Å². The van der Waals surface area contributed by atoms with Gasteiger partial charge >= 0.3 is 0 Å². The Kier molecular flexibility index (Phi) is 4.90. The first-order chi connectivity index (χ1) is 12.1. The van der Waals surface area contributed by atoms with E-state index in [0.29, 0.717) is 42.7 Å². The van der Waals surface area contributed by atoms with Crippen molar-refractivity contribution in [2.45, 2.75) is 13.0 Å². The molecule has 1 saturated heterocycles. The van der Waals surface area contributed by atoms with Gasteiger partial charge in [0.25, 0.3) is 0 Å². The van der Waals surface area contributed by atoms with Crippen LogP contribution in [0.3, 0.4) is 0 Å². The second-order valence-corrected chi connectivity index (χ2v) is 5.85. The van der Waals surface area contributed by atoms with Crippen molar-refractivity contribution in [1.82, 2.24) is 25.1 Å². The Morgan fingerprint density at radius 2 is 2.40 bits per heavy atom. The number of morpholine rings is 1. The Morgan fingerprint density at radius 1 is 1.56 bits per heavy atom. The number of nitrogens with one attached hydrogen (secondary N) is 1. The summed E-state index contributed by atoms with van der Waals surface area (Å²) in [6.07, 6.45) is 1.17. The van der Waals surface area contributed by atoms with Gasteiger partial charge in [0.15, 0.2) is 5.82 Å². The minimum atomic E-state index is -0.319. The lowest BCUT2D eigenvalue weighted by molar-refractivity contribution is -0.137. The first-order valence-electron chi connectivity index (χ1n) is 7.92. The Bertz CT molecular complexity index is 781. The highest BCUT2D eigenvalue weighted by atomic mass is 16.5. The monoisotopic (exact) mass is 341 g/mol. The van der Waals surface area contributed by atoms with Gasteiger partial charge in [0.1, 0.15) is 23.8 Å². The first kappa shape index (κ1) is 16.9. The Hall–Kier alpha value is -2.99. The number of H-pyrrole nitrogens is 1. The van der Waals surface area contributed by atoms with E-state index in [1.807, 2.05) is 13.0 Å². The number of rotatable bonds is 4. The summed E-state index contributed by atoms with van der Waals surface area (Å²) in [5.41, 5.74) is 0.487. The number of nitriles is 1. The van der Waals surface area contributed by atoms with E-state index in [-0.39, 0.29) is 18.6 Å². The lowest BCUT2D eigenvalue weighted by Gasteiger charge is -2.32. The van der Waals surface area contributed by atoms with E-state index in [4.69, 9.17) is 10.00 Å². The maximum absolute atomic E-state index is 12.6. The van der Waals surface area contributed by atoms with E-state index in [2.05, 4.69) is 20.2 Å². The molecule has 2 aromatic rings. The Morgan fingerprint density at radius 3 is 3.04 bits per heavy atom. The fraction of sp³-hybridized carbons (Fsp3) is 0.438. The van der Waals surface area contributed by atoms with Gasteiger partial charge in [-0.05, 0) is 19.1 Å². The van der Waals surface area contributed by atoms with Crippen molar-refractivity contribution in [3.05, 3.63) is 35.5 Å². The van der Waals surface area contributed by atoms with Crippen molar-refractivity contribution >= 4 is 11.7 Å². The summed E-state index contributed by atoms with van der Waals surface area (Å²) in [7, 11) is 1.79. The highest BCUT2D eigenvalue weighted by Crippen LogP contribution is 2.19. The number of anilines is 1. The molecule has 25 heavy (non-hydrogen) atoms. The SMILES string of the molecule is Cc1nc(C2CN(C(=O)CN(C)c3ccc(C#N)cn3)CCO2)n[nH]1. The Labute approximate surface area is 145 Å². The van der Waals surface area contributed by atoms with Crippen LogP contribution in [0.4, 0.5) is 5.82 Å². The number of aryl methyl sites for hydroxylation is 1. The molecule has 3 heterocycles. The summed E-state index contributed by atoms with van der Waals surface area (Å²) in [4.78, 5) is 24.6. The number of amides is 1. The predicted molar refractivity (Wildman–Crippen MR) is 88.6 cm³/mol. The van der Waals surface area contributed by atoms with Crippen LogP contribution in [0.15, 0.2) is 18.3 Å². The zero-order valence-corrected chi connectivity index (χ0v) is 14.1. The summed E-state index contributed by atoms with van der Waals surface area (Å²) in [5.74, 6) is 1.90. The molecule has 0 aromatic carbocycles. The van der Waals surface area contributed by atoms with Gasteiger partial charge in [0.05, 0.1) is 25.3 Å². The molecule has 1 amide bonds. The van der Waals surface area contributed by atoms with Crippen molar-refractivity contribution in [2.24, 2.45) is 0 Å². The fourth-order valence-corrected chi connectivity index (χ4v) is 2.60. The summed E-state index contributed by atoms with van der Waals surface area (Å²) in [6, 6.07) is 5.43. The van der Waals surface area contributed by atoms with Crippen LogP contribution in [0.5, 0.6) is 0 Å². The molecule has 1 N–H and O–H groups in total. The van der Waals surface area contributed by atoms with Crippen molar-refractivity contribution in [2.75, 3.05) is 38.2 Å². The van der Waals surface area contributed by atoms with Crippen LogP contribution in [0.1, 0.15) is 23.3 Å². The predicted octanol–water partition coefficient (Wildman–Crippen LogP) is 0.416. The van der Waals surface area contributed by atoms with Crippen LogP contribution in [-0.2, 0) is 9.53 Å². The van der Waals surface area contributed by atoms with Gasteiger partial charge in [-0.2, -0.15) is 10.4 Å². The van der Waals surface area contributed by atoms with Crippen molar-refractivity contribution in [3.63, 3.8) is 0 Å². The molecule has 130 valence electrons. The van der Waals surface area contributed by atoms with Crippen molar-refractivity contribution in [1.29, 1.82) is 5.26 Å². The van der Waals surface area contributed by atoms with Gasteiger partial charge in [-0.3, -0.25) is 9.89 Å². The molecule has 9 nitrogen and oxygen atoms in total. The number of carbonyl (C=O) groups excluding carboxylic acids is 1. The van der Waals surface area contributed by atoms with E-state index < -0.39 is 0 Å². The molecule has 0 spiro atoms. The van der Waals surface area contributed by atoms with E-state index >= 15 is 0 Å². The zero-order chi connectivity index (χ0) is 17.8. The summed E-state index contributed by atoms with van der Waals surface area (Å²) < 4.78 is 5.68. The molecule has 1 aliphatic rings. The van der Waals surface area contributed by atoms with Gasteiger partial charge in [0.2, 0.25) is 5.91 Å². The molecule has 1 unspecified atom stereocenters. The maximum Gasteiger partial charge on any atom is 0.242 e. The average Bonchev–Trinajstić information content (AvgIpc) is 3.08. The first-order valence-corrected chi connectivity index (χ1v) is 7.92. The van der Waals surface area contributed by atoms with E-state index in [1.165, 1.54) is 6.20 Å². The molecule has 1 aliphatic heterocycles. The molecule has 0 bridgehead atoms. The van der Waals surface area contributed by atoms with Crippen LogP contribution in [0.25, 0.3) is 0 Å². The maximum atomic E-state index is 12.6. The van der Waals surface area contributed by atoms with E-state index in [9.17, 15) is 4.79 Å². The number of nitrogens with zero attached hydrogens (tertiary/aromatic N) is 6. The number of hydrogen-bond donors (Lipinski definition) is 1. The van der Waals surface area contributed by atoms with Crippen molar-refractivity contribution < 1.29 is 9.53 Å². The number of hydrogen-bond acceptors (Lipinski definition) is 7. The standard InChI is InChI=1S/C16H19N7O2/c1-11-19-16(21-20-11)13-9-23(5-6-25-13)15(24)10-22(2)14-4-3-12(7-17)8-18-14/h3-4,8,13H,5-6,9-10H2,1-2H3,(H,19,20,21). The van der Waals surface area contributed by atoms with E-state index in [1.54, 1.807) is 29.0 Å². The number of ether oxygens (including phenoxy) is 1. The second-order valence-electron chi connectivity index (χ2n) is 5.85. The number of carbonyl (C=O) groups is 1. The van der Waals surface area contributed by atoms with Gasteiger partial charge < -0.3 is 14.5 Å². The largest absolute Gasteiger partial charge is 0.366 e. The van der Waals surface area contributed by atoms with Crippen LogP contribution < -0.4 is 4.90 Å². The summed E-state index contributed by atoms with van der Waals surface area (Å²) in [6.45, 7) is 3.42. The molecule has 0 radical (unpaired) electrons. The van der Waals surface area contributed by atoms with Crippen LogP contribution >= 0.6 is 0 Å². The molecule has 1 atom stereocenters. The number of likely N-dealkylation sites (N-methyl/N-ethyl adjacent to an activating group) is 1. The Balaban J connectivity index is 1.61. The molecule has 9 heteroatoms. The zero-order valence-electron chi connectivity index (χ0n) is 14.1. The minimum Gasteiger partial charge on any atom is -0.366 e. The molecule has 1 fully saturated rings. The highest BCUT2D eigenvalue weighted by molar-refractivity contribution is 5.81. The molecule has 0 saturated carbocycles. The van der Waals surface area contributed by atoms with Crippen LogP contribution in [-0.4, -0.2) is 64.3 Å². The van der Waals surface area contributed by atoms with Gasteiger partial charge in [-0.1, -0.05) is 0 Å². The molecule has 0 aliphatic carbocycles. The van der Waals surface area contributed by atoms with Gasteiger partial charge in [-0.25, -0.2) is 9.97 Å². The number of aromatic nitrogens is 4. The average molecular weight is 341 g/mol. The van der Waals surface area contributed by atoms with Gasteiger partial charge in [-0.15, -0.1) is 0 Å². The molecule has 2 aromatic heterocycles. The number of aromatic amines is 1. The second kappa shape index (κ2) is 7.27. The third-order valence-electron chi connectivity index (χ3n) is 3.96. The third kappa shape index (κ3) is 3.92. The lowest BCUT2D eigenvalue weighted by atomic mass is 10.2. The minimum absolute atomic E-state index is 0.0192. The number of pyridine rings is 1. The molecular formula is C16H19N7O2. The highest BCUT2D eigenvalue weighted by Gasteiger charge is 2.28. The summed E-state index contributed by atoms with van der Waals surface area (Å²) in [5, 5.41) is 15.7. The van der Waals surface area contributed by atoms with Crippen LogP contribution in [0, 0.1) is 18.3 Å². The topological polar surface area (TPSA) is 111 Å². The smallest absolute Gasteiger partial charge is 0.242 e. The fourth-order valence-electron chi connectivity index (χ4n) is 2.60. The normalized spacial score (nSPS) is 17.2.